The SMILES string of the molecule is Cc1ccc([C@H]([NH2+][C@H](C(=O)NC(N)=O)c2ccccc2)c2cccs2)cc1. The van der Waals surface area contributed by atoms with Crippen LogP contribution in [-0.4, -0.2) is 11.9 Å². The lowest BCUT2D eigenvalue weighted by molar-refractivity contribution is -0.713. The molecule has 0 aliphatic carbocycles. The number of hydrogen-bond donors (Lipinski definition) is 3. The van der Waals surface area contributed by atoms with E-state index in [1.54, 1.807) is 11.3 Å². The molecule has 3 aromatic rings. The minimum absolute atomic E-state index is 0.0746. The Labute approximate surface area is 162 Å². The summed E-state index contributed by atoms with van der Waals surface area (Å²) in [6.07, 6.45) is 0. The van der Waals surface area contributed by atoms with E-state index in [0.29, 0.717) is 0 Å². The van der Waals surface area contributed by atoms with Gasteiger partial charge in [-0.25, -0.2) is 4.79 Å². The van der Waals surface area contributed by atoms with Crippen molar-refractivity contribution in [2.45, 2.75) is 19.0 Å². The van der Waals surface area contributed by atoms with Crippen molar-refractivity contribution in [2.24, 2.45) is 5.73 Å². The number of quaternary nitrogens is 1. The standard InChI is InChI=1S/C21H21N3O2S/c1-14-9-11-16(12-10-14)18(17-8-5-13-27-17)23-19(20(25)24-21(22)26)15-6-3-2-4-7-15/h2-13,18-19,23H,1H3,(H3,22,24,25,26)/p+1/t18-,19-/m0/s1. The van der Waals surface area contributed by atoms with Gasteiger partial charge in [-0.2, -0.15) is 0 Å². The van der Waals surface area contributed by atoms with E-state index in [4.69, 9.17) is 5.73 Å². The van der Waals surface area contributed by atoms with Crippen molar-refractivity contribution in [1.82, 2.24) is 5.32 Å². The zero-order chi connectivity index (χ0) is 19.2. The minimum atomic E-state index is -0.850. The summed E-state index contributed by atoms with van der Waals surface area (Å²) in [5.41, 5.74) is 8.26. The van der Waals surface area contributed by atoms with Gasteiger partial charge in [0.2, 0.25) is 0 Å². The molecule has 0 unspecified atom stereocenters. The third-order valence-electron chi connectivity index (χ3n) is 4.36. The highest BCUT2D eigenvalue weighted by Crippen LogP contribution is 2.24. The summed E-state index contributed by atoms with van der Waals surface area (Å²) < 4.78 is 0. The lowest BCUT2D eigenvalue weighted by Crippen LogP contribution is -2.88. The minimum Gasteiger partial charge on any atom is -0.351 e. The fourth-order valence-electron chi connectivity index (χ4n) is 3.01. The van der Waals surface area contributed by atoms with Crippen LogP contribution in [0.3, 0.4) is 0 Å². The first kappa shape index (κ1) is 18.8. The monoisotopic (exact) mass is 380 g/mol. The quantitative estimate of drug-likeness (QED) is 0.614. The van der Waals surface area contributed by atoms with Gasteiger partial charge >= 0.3 is 6.03 Å². The molecule has 0 saturated heterocycles. The molecule has 1 heterocycles. The van der Waals surface area contributed by atoms with Crippen LogP contribution in [-0.2, 0) is 4.79 Å². The molecule has 5 N–H and O–H groups in total. The number of primary amides is 1. The largest absolute Gasteiger partial charge is 0.351 e. The Bertz CT molecular complexity index is 893. The number of rotatable bonds is 6. The van der Waals surface area contributed by atoms with Crippen LogP contribution in [0.4, 0.5) is 4.79 Å². The van der Waals surface area contributed by atoms with E-state index < -0.39 is 18.0 Å². The molecule has 0 aliphatic heterocycles. The second-order valence-electron chi connectivity index (χ2n) is 6.34. The summed E-state index contributed by atoms with van der Waals surface area (Å²) in [7, 11) is 0. The van der Waals surface area contributed by atoms with Crippen LogP contribution in [0.1, 0.15) is 33.7 Å². The summed E-state index contributed by atoms with van der Waals surface area (Å²) in [5, 5.41) is 6.22. The number of carbonyl (C=O) groups is 2. The zero-order valence-electron chi connectivity index (χ0n) is 15.0. The topological polar surface area (TPSA) is 88.8 Å². The third kappa shape index (κ3) is 4.81. The molecule has 0 aliphatic rings. The Morgan fingerprint density at radius 2 is 1.67 bits per heavy atom. The van der Waals surface area contributed by atoms with Crippen LogP contribution in [0.25, 0.3) is 0 Å². The Balaban J connectivity index is 1.98. The van der Waals surface area contributed by atoms with E-state index in [9.17, 15) is 9.59 Å². The number of urea groups is 1. The smallest absolute Gasteiger partial charge is 0.319 e. The third-order valence-corrected chi connectivity index (χ3v) is 5.31. The van der Waals surface area contributed by atoms with E-state index >= 15 is 0 Å². The summed E-state index contributed by atoms with van der Waals surface area (Å²) in [5.74, 6) is -0.428. The van der Waals surface area contributed by atoms with Crippen LogP contribution < -0.4 is 16.4 Å². The maximum atomic E-state index is 12.7. The average Bonchev–Trinajstić information content (AvgIpc) is 3.18. The Morgan fingerprint density at radius 3 is 2.26 bits per heavy atom. The number of hydrogen-bond acceptors (Lipinski definition) is 3. The molecule has 3 amide bonds. The molecular formula is C21H22N3O2S+. The molecule has 138 valence electrons. The maximum Gasteiger partial charge on any atom is 0.319 e. The normalized spacial score (nSPS) is 12.9. The number of amides is 3. The summed E-state index contributed by atoms with van der Waals surface area (Å²) in [6.45, 7) is 2.04. The van der Waals surface area contributed by atoms with Gasteiger partial charge in [-0.15, -0.1) is 11.3 Å². The molecule has 0 bridgehead atoms. The van der Waals surface area contributed by atoms with Gasteiger partial charge in [0.25, 0.3) is 5.91 Å². The van der Waals surface area contributed by atoms with Gasteiger partial charge in [0.1, 0.15) is 6.04 Å². The predicted octanol–water partition coefficient (Wildman–Crippen LogP) is 2.65. The molecule has 2 atom stereocenters. The maximum absolute atomic E-state index is 12.7. The van der Waals surface area contributed by atoms with Crippen LogP contribution in [0, 0.1) is 6.92 Å². The molecule has 6 heteroatoms. The number of thiophene rings is 1. The first-order valence-corrected chi connectivity index (χ1v) is 9.53. The van der Waals surface area contributed by atoms with Crippen LogP contribution in [0.5, 0.6) is 0 Å². The van der Waals surface area contributed by atoms with Crippen LogP contribution in [0.15, 0.2) is 72.1 Å². The molecule has 5 nitrogen and oxygen atoms in total. The highest BCUT2D eigenvalue weighted by molar-refractivity contribution is 7.10. The number of imide groups is 1. The van der Waals surface area contributed by atoms with Gasteiger partial charge in [0.05, 0.1) is 4.88 Å². The lowest BCUT2D eigenvalue weighted by Gasteiger charge is -2.22. The molecule has 0 fully saturated rings. The van der Waals surface area contributed by atoms with E-state index in [-0.39, 0.29) is 6.04 Å². The fraction of sp³-hybridized carbons (Fsp3) is 0.143. The molecule has 0 radical (unpaired) electrons. The van der Waals surface area contributed by atoms with E-state index in [1.165, 1.54) is 5.56 Å². The number of aryl methyl sites for hydroxylation is 1. The Kier molecular flexibility index (Phi) is 6.01. The van der Waals surface area contributed by atoms with Crippen molar-refractivity contribution in [3.8, 4) is 0 Å². The first-order chi connectivity index (χ1) is 13.0. The molecule has 27 heavy (non-hydrogen) atoms. The van der Waals surface area contributed by atoms with Gasteiger partial charge in [0, 0.05) is 11.1 Å². The van der Waals surface area contributed by atoms with Gasteiger partial charge in [0.15, 0.2) is 6.04 Å². The van der Waals surface area contributed by atoms with E-state index in [1.807, 2.05) is 54.0 Å². The van der Waals surface area contributed by atoms with Gasteiger partial charge in [-0.05, 0) is 18.4 Å². The molecule has 0 spiro atoms. The number of nitrogens with two attached hydrogens (primary N) is 2. The van der Waals surface area contributed by atoms with Crippen molar-refractivity contribution in [2.75, 3.05) is 0 Å². The van der Waals surface area contributed by atoms with Gasteiger partial charge < -0.3 is 11.1 Å². The summed E-state index contributed by atoms with van der Waals surface area (Å²) in [6, 6.07) is 20.2. The predicted molar refractivity (Wildman–Crippen MR) is 106 cm³/mol. The summed E-state index contributed by atoms with van der Waals surface area (Å²) in [4.78, 5) is 25.1. The van der Waals surface area contributed by atoms with Crippen LogP contribution >= 0.6 is 11.3 Å². The molecule has 0 saturated carbocycles. The second-order valence-corrected chi connectivity index (χ2v) is 7.32. The lowest BCUT2D eigenvalue weighted by atomic mass is 9.99. The number of benzene rings is 2. The van der Waals surface area contributed by atoms with Crippen LogP contribution in [0.2, 0.25) is 0 Å². The van der Waals surface area contributed by atoms with E-state index in [0.717, 1.165) is 16.0 Å². The van der Waals surface area contributed by atoms with Crippen molar-refractivity contribution in [1.29, 1.82) is 0 Å². The molecule has 1 aromatic heterocycles. The Morgan fingerprint density at radius 1 is 0.963 bits per heavy atom. The van der Waals surface area contributed by atoms with Crippen molar-refractivity contribution >= 4 is 23.3 Å². The highest BCUT2D eigenvalue weighted by atomic mass is 32.1. The Hall–Kier alpha value is -2.96. The molecular weight excluding hydrogens is 358 g/mol. The second kappa shape index (κ2) is 8.62. The average molecular weight is 380 g/mol. The van der Waals surface area contributed by atoms with Gasteiger partial charge in [-0.1, -0.05) is 66.2 Å². The number of carbonyl (C=O) groups excluding carboxylic acids is 2. The number of nitrogens with one attached hydrogen (secondary N) is 1. The fourth-order valence-corrected chi connectivity index (χ4v) is 3.85. The van der Waals surface area contributed by atoms with E-state index in [2.05, 4.69) is 35.6 Å². The first-order valence-electron chi connectivity index (χ1n) is 8.65. The molecule has 2 aromatic carbocycles. The van der Waals surface area contributed by atoms with Crippen molar-refractivity contribution in [3.63, 3.8) is 0 Å². The molecule has 3 rings (SSSR count). The van der Waals surface area contributed by atoms with Crippen molar-refractivity contribution in [3.05, 3.63) is 93.7 Å². The van der Waals surface area contributed by atoms with Crippen molar-refractivity contribution < 1.29 is 14.9 Å². The zero-order valence-corrected chi connectivity index (χ0v) is 15.8. The summed E-state index contributed by atoms with van der Waals surface area (Å²) >= 11 is 1.64. The highest BCUT2D eigenvalue weighted by Gasteiger charge is 2.31. The van der Waals surface area contributed by atoms with Gasteiger partial charge in [-0.3, -0.25) is 10.1 Å².